The van der Waals surface area contributed by atoms with Gasteiger partial charge < -0.3 is 40.8 Å². The van der Waals surface area contributed by atoms with E-state index in [4.69, 9.17) is 27.6 Å². The van der Waals surface area contributed by atoms with Gasteiger partial charge in [0.25, 0.3) is 0 Å². The molecule has 34 heteroatoms. The molecule has 0 radical (unpaired) electrons. The third kappa shape index (κ3) is 23.7. The van der Waals surface area contributed by atoms with Crippen molar-refractivity contribution in [2.24, 2.45) is 0 Å². The number of carbonyl (C=O) groups excluding carboxylic acids is 2. The van der Waals surface area contributed by atoms with Gasteiger partial charge in [-0.25, -0.2) is 54.2 Å². The topological polar surface area (TPSA) is 291 Å². The van der Waals surface area contributed by atoms with Gasteiger partial charge >= 0.3 is 0 Å². The summed E-state index contributed by atoms with van der Waals surface area (Å²) in [6, 6.07) is 27.0. The van der Waals surface area contributed by atoms with Crippen LogP contribution in [0.3, 0.4) is 0 Å². The summed E-state index contributed by atoms with van der Waals surface area (Å²) in [5.41, 5.74) is 10.9. The number of aryl methyl sites for hydroxylation is 10. The Hall–Kier alpha value is -10.5. The van der Waals surface area contributed by atoms with Crippen LogP contribution < -0.4 is 26.6 Å². The van der Waals surface area contributed by atoms with Crippen molar-refractivity contribution in [3.8, 4) is 0 Å². The second-order valence-corrected chi connectivity index (χ2v) is 47.8. The van der Waals surface area contributed by atoms with Gasteiger partial charge in [0.15, 0.2) is 0 Å². The van der Waals surface area contributed by atoms with Crippen LogP contribution >= 0.6 is 79.9 Å². The Balaban J connectivity index is 0.000000107. The predicted molar refractivity (Wildman–Crippen MR) is 591 cm³/mol. The number of aromatic nitrogens is 13. The van der Waals surface area contributed by atoms with Crippen LogP contribution in [0.15, 0.2) is 140 Å². The molecule has 14 heterocycles. The molecule has 1 aromatic carbocycles. The Bertz CT molecular complexity index is 6840. The molecule has 0 aliphatic heterocycles. The van der Waals surface area contributed by atoms with Gasteiger partial charge in [-0.05, 0) is 339 Å². The summed E-state index contributed by atoms with van der Waals surface area (Å²) in [4.78, 5) is 108. The molecule has 14 aromatic heterocycles. The number of furan rings is 1. The average molecular weight is 2100 g/mol. The molecule has 10 aliphatic rings. The van der Waals surface area contributed by atoms with Gasteiger partial charge in [-0.1, -0.05) is 41.4 Å². The number of amides is 2. The lowest BCUT2D eigenvalue weighted by Gasteiger charge is -2.35. The number of rotatable bonds is 25. The highest BCUT2D eigenvalue weighted by Gasteiger charge is 2.36. The smallest absolute Gasteiger partial charge is 0.228 e. The molecule has 0 unspecified atom stereocenters. The maximum atomic E-state index is 13.9. The highest BCUT2D eigenvalue weighted by Crippen LogP contribution is 2.47. The van der Waals surface area contributed by atoms with Crippen LogP contribution in [0.1, 0.15) is 241 Å². The summed E-state index contributed by atoms with van der Waals surface area (Å²) >= 11 is 21.6. The summed E-state index contributed by atoms with van der Waals surface area (Å²) in [7, 11) is 10.4. The lowest BCUT2D eigenvalue weighted by atomic mass is 9.90. The minimum Gasteiger partial charge on any atom is -0.468 e. The lowest BCUT2D eigenvalue weighted by molar-refractivity contribution is -0.132. The zero-order valence-electron chi connectivity index (χ0n) is 84.2. The largest absolute Gasteiger partial charge is 0.468 e. The Kier molecular flexibility index (Phi) is 32.7. The van der Waals surface area contributed by atoms with Crippen LogP contribution in [-0.2, 0) is 106 Å². The molecule has 0 spiro atoms. The highest BCUT2D eigenvalue weighted by molar-refractivity contribution is 7.20. The minimum atomic E-state index is -0.217. The fourth-order valence-electron chi connectivity index (χ4n) is 24.1. The molecule has 26 nitrogen and oxygen atoms in total. The molecule has 5 fully saturated rings. The lowest BCUT2D eigenvalue weighted by Crippen LogP contribution is -2.42. The SMILES string of the molecule is CN(C(=O)Cc1cccc(Cl)c1)C1CCC(Nc2ncnc3sc4c(c23)CCC4)CC1.CN(C(=O)Cc1ccccn1)C1CCC(Nc2ncnc3sc4c(c23)CCC4)CC1.CN(Cc1ccco1)C1CCC(Nc2ncnc3sc4c(c23)CCC4)CC1.CN(Cc1ccncc1Cl)C1CCC(Nc2ncnc3sc4c(c23)CCC4)CC1.CN(Cc1ncccc1F)C1CCC(Nc2ncnc3sc4c(c23)CCC4)CC1. The maximum Gasteiger partial charge on any atom is 0.228 e. The van der Waals surface area contributed by atoms with Crippen LogP contribution in [0.4, 0.5) is 33.5 Å². The van der Waals surface area contributed by atoms with Crippen molar-refractivity contribution in [1.82, 2.24) is 89.3 Å². The number of benzene rings is 1. The Morgan fingerprint density at radius 1 is 0.370 bits per heavy atom. The summed E-state index contributed by atoms with van der Waals surface area (Å²) in [6.45, 7) is 2.32. The highest BCUT2D eigenvalue weighted by atomic mass is 35.5. The number of thiophene rings is 5. The van der Waals surface area contributed by atoms with E-state index in [2.05, 4.69) is 133 Å². The number of fused-ring (bicyclic) bond motifs is 15. The van der Waals surface area contributed by atoms with Gasteiger partial charge in [0.1, 0.15) is 96.5 Å². The van der Waals surface area contributed by atoms with E-state index >= 15 is 0 Å². The van der Waals surface area contributed by atoms with Gasteiger partial charge in [-0.2, -0.15) is 0 Å². The number of pyridine rings is 3. The minimum absolute atomic E-state index is 0.149. The van der Waals surface area contributed by atoms with Gasteiger partial charge in [-0.3, -0.25) is 39.2 Å². The van der Waals surface area contributed by atoms with Gasteiger partial charge in [-0.15, -0.1) is 56.7 Å². The summed E-state index contributed by atoms with van der Waals surface area (Å²) in [5, 5.41) is 26.4. The zero-order valence-corrected chi connectivity index (χ0v) is 89.8. The molecular formula is C112H132Cl2FN23O3S5. The van der Waals surface area contributed by atoms with Crippen molar-refractivity contribution >= 4 is 172 Å². The fraction of sp³-hybridized carbons (Fsp3) is 0.491. The Morgan fingerprint density at radius 3 is 1.10 bits per heavy atom. The molecule has 15 aromatic rings. The van der Waals surface area contributed by atoms with E-state index in [9.17, 15) is 14.0 Å². The van der Waals surface area contributed by atoms with E-state index in [0.29, 0.717) is 90.5 Å². The van der Waals surface area contributed by atoms with E-state index in [1.165, 1.54) is 201 Å². The van der Waals surface area contributed by atoms with Crippen LogP contribution in [0.5, 0.6) is 0 Å². The van der Waals surface area contributed by atoms with Crippen molar-refractivity contribution in [3.63, 3.8) is 0 Å². The van der Waals surface area contributed by atoms with E-state index in [-0.39, 0.29) is 17.6 Å². The van der Waals surface area contributed by atoms with E-state index in [1.54, 1.807) is 62.6 Å². The van der Waals surface area contributed by atoms with Gasteiger partial charge in [0.05, 0.1) is 63.3 Å². The van der Waals surface area contributed by atoms with Gasteiger partial charge in [0.2, 0.25) is 11.8 Å². The summed E-state index contributed by atoms with van der Waals surface area (Å²) < 4.78 is 19.4. The van der Waals surface area contributed by atoms with Crippen LogP contribution in [-0.4, -0.2) is 197 Å². The predicted octanol–water partition coefficient (Wildman–Crippen LogP) is 23.5. The average Bonchev–Trinajstić information content (AvgIpc) is 1.64. The van der Waals surface area contributed by atoms with Crippen LogP contribution in [0.2, 0.25) is 10.0 Å². The summed E-state index contributed by atoms with van der Waals surface area (Å²) in [5.74, 6) is 6.27. The van der Waals surface area contributed by atoms with E-state index in [1.807, 2.05) is 141 Å². The second-order valence-electron chi connectivity index (χ2n) is 41.6. The molecule has 764 valence electrons. The molecule has 0 saturated heterocycles. The Labute approximate surface area is 884 Å². The maximum absolute atomic E-state index is 13.9. The standard InChI is InChI=1S/C24H27ClN4OS.C23H27N5OS.C22H26ClN5S.C22H26FN5S.C21H26N4OS/c1-29(21(30)13-15-4-2-5-16(25)12-15)18-10-8-17(9-11-18)28-23-22-19-6-3-7-20(19)31-24(22)27-14-26-23;1-28(20(29)13-16-5-2-3-12-24-16)17-10-8-15(9-11-17)27-22-21-18-6-4-7-19(18)30-23(21)26-14-25-22;1-28(12-14-9-10-24-11-18(14)23)16-7-5-15(6-8-16)27-21-20-17-3-2-4-19(17)29-22(20)26-13-25-21;1-28(12-18-17(23)5-3-11-24-18)15-9-7-14(8-10-15)27-21-20-16-4-2-6-19(16)29-22(20)26-13-25-21;1-25(12-16-4-3-11-26-16)15-9-7-14(8-10-15)24-20-19-17-5-2-6-18(17)27-21(19)23-13-22-20/h2,4-5,12,14,17-18H,3,6-11,13H2,1H3,(H,26,27,28);2-3,5,12,14-15,17H,4,6-11,13H2,1H3,(H,25,26,27);9-11,13,15-16H,2-8,12H2,1H3,(H,25,26,27);3,5,11,13-15H,2,4,6-10,12H2,1H3,(H,25,26,27);3-4,11,13-15H,2,5-10,12H2,1H3,(H,22,23,24). The molecule has 25 rings (SSSR count). The van der Waals surface area contributed by atoms with Crippen molar-refractivity contribution < 1.29 is 18.4 Å². The van der Waals surface area contributed by atoms with Crippen molar-refractivity contribution in [1.29, 1.82) is 0 Å². The Morgan fingerprint density at radius 2 is 0.740 bits per heavy atom. The fourth-order valence-corrected chi connectivity index (χ4v) is 30.6. The zero-order chi connectivity index (χ0) is 99.7. The van der Waals surface area contributed by atoms with E-state index < -0.39 is 0 Å². The monoisotopic (exact) mass is 2100 g/mol. The first-order chi connectivity index (χ1) is 71.4. The van der Waals surface area contributed by atoms with Crippen LogP contribution in [0, 0.1) is 5.82 Å². The number of likely N-dealkylation sites (N-methyl/N-ethyl adjacent to an activating group) is 2. The molecule has 10 aliphatic carbocycles. The number of hydrogen-bond donors (Lipinski definition) is 5. The molecular weight excluding hydrogens is 1970 g/mol. The third-order valence-electron chi connectivity index (χ3n) is 32.2. The van der Waals surface area contributed by atoms with Crippen molar-refractivity contribution in [3.05, 3.63) is 232 Å². The van der Waals surface area contributed by atoms with Crippen molar-refractivity contribution in [2.75, 3.05) is 61.8 Å². The number of nitrogens with one attached hydrogen (secondary N) is 5. The van der Waals surface area contributed by atoms with E-state index in [0.717, 1.165) is 203 Å². The summed E-state index contributed by atoms with van der Waals surface area (Å²) in [6.07, 6.45) is 58.1. The molecule has 146 heavy (non-hydrogen) atoms. The van der Waals surface area contributed by atoms with Gasteiger partial charge in [0, 0.05) is 147 Å². The molecule has 0 atom stereocenters. The first-order valence-corrected chi connectivity index (χ1v) is 57.8. The first-order valence-electron chi connectivity index (χ1n) is 53.0. The van der Waals surface area contributed by atoms with Crippen LogP contribution in [0.25, 0.3) is 51.1 Å². The third-order valence-corrected chi connectivity index (χ3v) is 38.8. The molecule has 0 bridgehead atoms. The quantitative estimate of drug-likeness (QED) is 0.0355. The molecule has 5 N–H and O–H groups in total. The number of carbonyl (C=O) groups is 2. The number of halogens is 3. The first kappa shape index (κ1) is 101. The number of hydrogen-bond acceptors (Lipinski definition) is 29. The second kappa shape index (κ2) is 47.1. The number of anilines is 5. The molecule has 5 saturated carbocycles. The van der Waals surface area contributed by atoms with Crippen molar-refractivity contribution in [2.45, 2.75) is 318 Å². The number of nitrogens with zero attached hydrogens (tertiary/aromatic N) is 18. The molecule has 2 amide bonds. The normalized spacial score (nSPS) is 21.4.